The molecule has 2 N–H and O–H groups in total. The van der Waals surface area contributed by atoms with Crippen molar-refractivity contribution >= 4 is 21.8 Å². The molecule has 1 aromatic rings. The topological polar surface area (TPSA) is 50.4 Å². The zero-order chi connectivity index (χ0) is 14.8. The van der Waals surface area contributed by atoms with E-state index < -0.39 is 0 Å². The quantitative estimate of drug-likeness (QED) is 0.678. The molecule has 0 spiro atoms. The predicted octanol–water partition coefficient (Wildman–Crippen LogP) is 2.58. The first kappa shape index (κ1) is 17.0. The molecule has 0 unspecified atom stereocenters. The molecule has 0 heterocycles. The van der Waals surface area contributed by atoms with Crippen molar-refractivity contribution in [3.05, 3.63) is 28.7 Å². The molecule has 0 aliphatic carbocycles. The highest BCUT2D eigenvalue weighted by molar-refractivity contribution is 9.10. The van der Waals surface area contributed by atoms with Gasteiger partial charge in [0.15, 0.2) is 0 Å². The van der Waals surface area contributed by atoms with E-state index in [1.54, 1.807) is 0 Å². The first-order valence-electron chi connectivity index (χ1n) is 6.93. The summed E-state index contributed by atoms with van der Waals surface area (Å²) in [6, 6.07) is 7.73. The number of carbonyl (C=O) groups is 1. The van der Waals surface area contributed by atoms with Crippen molar-refractivity contribution < 1.29 is 9.53 Å². The normalized spacial score (nSPS) is 10.6. The monoisotopic (exact) mass is 342 g/mol. The molecule has 0 aliphatic rings. The highest BCUT2D eigenvalue weighted by Gasteiger charge is 2.01. The van der Waals surface area contributed by atoms with Crippen LogP contribution in [0.2, 0.25) is 0 Å². The average molecular weight is 343 g/mol. The molecule has 0 radical (unpaired) electrons. The summed E-state index contributed by atoms with van der Waals surface area (Å²) in [6.07, 6.45) is 0.505. The van der Waals surface area contributed by atoms with E-state index in [0.717, 1.165) is 23.3 Å². The molecule has 112 valence electrons. The zero-order valence-electron chi connectivity index (χ0n) is 12.1. The molecular weight excluding hydrogens is 320 g/mol. The number of hydrogen-bond acceptors (Lipinski definition) is 3. The Hall–Kier alpha value is -1.07. The molecule has 0 saturated carbocycles. The van der Waals surface area contributed by atoms with Gasteiger partial charge in [0.25, 0.3) is 0 Å². The van der Waals surface area contributed by atoms with Gasteiger partial charge in [0.1, 0.15) is 12.4 Å². The van der Waals surface area contributed by atoms with Crippen LogP contribution in [0.4, 0.5) is 0 Å². The van der Waals surface area contributed by atoms with Gasteiger partial charge in [-0.2, -0.15) is 0 Å². The van der Waals surface area contributed by atoms with Crippen molar-refractivity contribution in [1.82, 2.24) is 10.6 Å². The molecule has 0 fully saturated rings. The maximum Gasteiger partial charge on any atom is 0.221 e. The summed E-state index contributed by atoms with van der Waals surface area (Å²) < 4.78 is 6.60. The van der Waals surface area contributed by atoms with Gasteiger partial charge in [-0.05, 0) is 30.2 Å². The van der Waals surface area contributed by atoms with Gasteiger partial charge in [-0.1, -0.05) is 29.8 Å². The minimum Gasteiger partial charge on any atom is -0.492 e. The van der Waals surface area contributed by atoms with Crippen molar-refractivity contribution in [1.29, 1.82) is 0 Å². The fourth-order valence-corrected chi connectivity index (χ4v) is 1.77. The molecule has 1 amide bonds. The van der Waals surface area contributed by atoms with Crippen molar-refractivity contribution in [2.75, 3.05) is 26.2 Å². The van der Waals surface area contributed by atoms with Gasteiger partial charge < -0.3 is 15.4 Å². The van der Waals surface area contributed by atoms with Crippen LogP contribution >= 0.6 is 15.9 Å². The molecule has 4 nitrogen and oxygen atoms in total. The van der Waals surface area contributed by atoms with E-state index in [1.807, 2.05) is 24.3 Å². The lowest BCUT2D eigenvalue weighted by Gasteiger charge is -2.09. The Balaban J connectivity index is 1.99. The van der Waals surface area contributed by atoms with Crippen LogP contribution in [-0.2, 0) is 4.79 Å². The second-order valence-electron chi connectivity index (χ2n) is 5.00. The fourth-order valence-electron chi connectivity index (χ4n) is 1.51. The van der Waals surface area contributed by atoms with E-state index in [-0.39, 0.29) is 5.91 Å². The summed E-state index contributed by atoms with van der Waals surface area (Å²) >= 11 is 3.38. The number of rotatable bonds is 9. The van der Waals surface area contributed by atoms with Crippen LogP contribution < -0.4 is 15.4 Å². The number of benzene rings is 1. The van der Waals surface area contributed by atoms with Crippen molar-refractivity contribution in [2.24, 2.45) is 5.92 Å². The number of halogens is 1. The fraction of sp³-hybridized carbons (Fsp3) is 0.533. The third kappa shape index (κ3) is 8.17. The van der Waals surface area contributed by atoms with Crippen LogP contribution in [0.1, 0.15) is 20.3 Å². The van der Waals surface area contributed by atoms with E-state index in [9.17, 15) is 4.79 Å². The highest BCUT2D eigenvalue weighted by Crippen LogP contribution is 2.15. The van der Waals surface area contributed by atoms with Gasteiger partial charge in [-0.3, -0.25) is 4.79 Å². The van der Waals surface area contributed by atoms with E-state index in [0.29, 0.717) is 25.5 Å². The predicted molar refractivity (Wildman–Crippen MR) is 85.0 cm³/mol. The molecule has 1 rings (SSSR count). The lowest BCUT2D eigenvalue weighted by atomic mass is 10.2. The van der Waals surface area contributed by atoms with Crippen LogP contribution in [0, 0.1) is 5.92 Å². The number of carbonyl (C=O) groups excluding carboxylic acids is 1. The van der Waals surface area contributed by atoms with Crippen molar-refractivity contribution in [2.45, 2.75) is 20.3 Å². The van der Waals surface area contributed by atoms with Crippen LogP contribution in [0.5, 0.6) is 5.75 Å². The molecular formula is C15H23BrN2O2. The van der Waals surface area contributed by atoms with E-state index in [2.05, 4.69) is 40.4 Å². The molecule has 0 atom stereocenters. The van der Waals surface area contributed by atoms with Crippen molar-refractivity contribution in [3.8, 4) is 5.75 Å². The SMILES string of the molecule is CC(C)CNC(=O)CCNCCOc1ccc(Br)cc1. The summed E-state index contributed by atoms with van der Waals surface area (Å²) in [5.41, 5.74) is 0. The van der Waals surface area contributed by atoms with Gasteiger partial charge in [-0.25, -0.2) is 0 Å². The van der Waals surface area contributed by atoms with Crippen LogP contribution in [0.25, 0.3) is 0 Å². The minimum absolute atomic E-state index is 0.0972. The van der Waals surface area contributed by atoms with Gasteiger partial charge in [0.05, 0.1) is 0 Å². The summed E-state index contributed by atoms with van der Waals surface area (Å²) in [6.45, 7) is 6.90. The van der Waals surface area contributed by atoms with E-state index in [4.69, 9.17) is 4.74 Å². The van der Waals surface area contributed by atoms with Gasteiger partial charge in [0.2, 0.25) is 5.91 Å². The second kappa shape index (κ2) is 9.77. The zero-order valence-corrected chi connectivity index (χ0v) is 13.7. The Morgan fingerprint density at radius 3 is 2.60 bits per heavy atom. The lowest BCUT2D eigenvalue weighted by Crippen LogP contribution is -2.31. The first-order valence-corrected chi connectivity index (χ1v) is 7.73. The third-order valence-corrected chi connectivity index (χ3v) is 3.13. The molecule has 0 bridgehead atoms. The molecule has 5 heteroatoms. The number of ether oxygens (including phenoxy) is 1. The molecule has 0 saturated heterocycles. The first-order chi connectivity index (χ1) is 9.58. The molecule has 0 aromatic heterocycles. The molecule has 20 heavy (non-hydrogen) atoms. The number of amides is 1. The summed E-state index contributed by atoms with van der Waals surface area (Å²) in [4.78, 5) is 11.4. The summed E-state index contributed by atoms with van der Waals surface area (Å²) in [5, 5.41) is 6.08. The summed E-state index contributed by atoms with van der Waals surface area (Å²) in [5.74, 6) is 1.44. The Morgan fingerprint density at radius 2 is 1.95 bits per heavy atom. The van der Waals surface area contributed by atoms with Crippen LogP contribution in [-0.4, -0.2) is 32.1 Å². The molecule has 0 aliphatic heterocycles. The van der Waals surface area contributed by atoms with Gasteiger partial charge >= 0.3 is 0 Å². The van der Waals surface area contributed by atoms with E-state index in [1.165, 1.54) is 0 Å². The largest absolute Gasteiger partial charge is 0.492 e. The Bertz CT molecular complexity index is 393. The second-order valence-corrected chi connectivity index (χ2v) is 5.92. The Morgan fingerprint density at radius 1 is 1.25 bits per heavy atom. The molecule has 1 aromatic carbocycles. The average Bonchev–Trinajstić information content (AvgIpc) is 2.42. The summed E-state index contributed by atoms with van der Waals surface area (Å²) in [7, 11) is 0. The van der Waals surface area contributed by atoms with Gasteiger partial charge in [-0.15, -0.1) is 0 Å². The maximum atomic E-state index is 11.4. The van der Waals surface area contributed by atoms with Crippen LogP contribution in [0.15, 0.2) is 28.7 Å². The number of hydrogen-bond donors (Lipinski definition) is 2. The Kier molecular flexibility index (Phi) is 8.30. The van der Waals surface area contributed by atoms with E-state index >= 15 is 0 Å². The minimum atomic E-state index is 0.0972. The third-order valence-electron chi connectivity index (χ3n) is 2.60. The van der Waals surface area contributed by atoms with Crippen LogP contribution in [0.3, 0.4) is 0 Å². The highest BCUT2D eigenvalue weighted by atomic mass is 79.9. The number of nitrogens with one attached hydrogen (secondary N) is 2. The van der Waals surface area contributed by atoms with Crippen molar-refractivity contribution in [3.63, 3.8) is 0 Å². The maximum absolute atomic E-state index is 11.4. The standard InChI is InChI=1S/C15H23BrN2O2/c1-12(2)11-18-15(19)7-8-17-9-10-20-14-5-3-13(16)4-6-14/h3-6,12,17H,7-11H2,1-2H3,(H,18,19). The smallest absolute Gasteiger partial charge is 0.221 e. The van der Waals surface area contributed by atoms with Gasteiger partial charge in [0, 0.05) is 30.5 Å². The Labute approximate surface area is 129 Å². The lowest BCUT2D eigenvalue weighted by molar-refractivity contribution is -0.121.